The third-order valence-electron chi connectivity index (χ3n) is 4.33. The summed E-state index contributed by atoms with van der Waals surface area (Å²) >= 11 is 0. The summed E-state index contributed by atoms with van der Waals surface area (Å²) in [5.74, 6) is -3.55. The van der Waals surface area contributed by atoms with Gasteiger partial charge in [-0.15, -0.1) is 0 Å². The molecule has 0 fully saturated rings. The average Bonchev–Trinajstić information content (AvgIpc) is 2.49. The Labute approximate surface area is 144 Å². The Morgan fingerprint density at radius 2 is 1.56 bits per heavy atom. The zero-order valence-corrected chi connectivity index (χ0v) is 14.5. The zero-order chi connectivity index (χ0) is 19.0. The van der Waals surface area contributed by atoms with Crippen LogP contribution in [0.2, 0.25) is 0 Å². The second-order valence-electron chi connectivity index (χ2n) is 6.31. The van der Waals surface area contributed by atoms with E-state index in [9.17, 15) is 13.6 Å². The standard InChI is InChI=1S/C19H20F3NO2/c1-8-5-9(2)17(20)11(4)15(8)12-6-10(3)18(21)16(19(12)22)13(23)7-14(24)25/h5-6,13H,7,23H2,1-4H3,(H,24,25)/t13-/m0/s1. The van der Waals surface area contributed by atoms with Crippen molar-refractivity contribution < 1.29 is 23.1 Å². The first-order chi connectivity index (χ1) is 11.6. The fraction of sp³-hybridized carbons (Fsp3) is 0.316. The van der Waals surface area contributed by atoms with E-state index >= 15 is 4.39 Å². The number of carboxylic acids is 1. The number of aliphatic carboxylic acids is 1. The second-order valence-corrected chi connectivity index (χ2v) is 6.31. The molecule has 6 heteroatoms. The lowest BCUT2D eigenvalue weighted by molar-refractivity contribution is -0.137. The molecule has 0 spiro atoms. The van der Waals surface area contributed by atoms with Gasteiger partial charge < -0.3 is 10.8 Å². The summed E-state index contributed by atoms with van der Waals surface area (Å²) in [5.41, 5.74) is 7.00. The Balaban J connectivity index is 2.80. The van der Waals surface area contributed by atoms with E-state index in [1.807, 2.05) is 0 Å². The molecule has 0 aromatic heterocycles. The first-order valence-electron chi connectivity index (χ1n) is 7.78. The molecule has 2 aromatic carbocycles. The Morgan fingerprint density at radius 3 is 2.12 bits per heavy atom. The van der Waals surface area contributed by atoms with Gasteiger partial charge in [-0.25, -0.2) is 13.2 Å². The van der Waals surface area contributed by atoms with Crippen LogP contribution in [0.4, 0.5) is 13.2 Å². The van der Waals surface area contributed by atoms with Crippen LogP contribution in [0.15, 0.2) is 12.1 Å². The molecule has 0 saturated carbocycles. The van der Waals surface area contributed by atoms with Gasteiger partial charge in [0.1, 0.15) is 17.5 Å². The summed E-state index contributed by atoms with van der Waals surface area (Å²) in [6.07, 6.45) is -0.614. The molecule has 0 unspecified atom stereocenters. The van der Waals surface area contributed by atoms with Crippen LogP contribution in [-0.4, -0.2) is 11.1 Å². The predicted octanol–water partition coefficient (Wildman–Crippen LogP) is 4.48. The summed E-state index contributed by atoms with van der Waals surface area (Å²) in [6.45, 7) is 6.29. The molecule has 2 aromatic rings. The largest absolute Gasteiger partial charge is 0.481 e. The van der Waals surface area contributed by atoms with E-state index in [1.54, 1.807) is 19.9 Å². The van der Waals surface area contributed by atoms with Crippen molar-refractivity contribution in [2.45, 2.75) is 40.2 Å². The van der Waals surface area contributed by atoms with Crippen LogP contribution in [-0.2, 0) is 4.79 Å². The van der Waals surface area contributed by atoms with Gasteiger partial charge in [0.25, 0.3) is 0 Å². The summed E-state index contributed by atoms with van der Waals surface area (Å²) in [7, 11) is 0. The number of carboxylic acid groups (broad SMARTS) is 1. The fourth-order valence-electron chi connectivity index (χ4n) is 3.17. The van der Waals surface area contributed by atoms with Crippen molar-refractivity contribution in [3.8, 4) is 11.1 Å². The van der Waals surface area contributed by atoms with Gasteiger partial charge in [0.2, 0.25) is 0 Å². The van der Waals surface area contributed by atoms with E-state index in [-0.39, 0.29) is 16.7 Å². The molecule has 0 aliphatic rings. The minimum absolute atomic E-state index is 0.0173. The van der Waals surface area contributed by atoms with Crippen LogP contribution in [0.1, 0.15) is 40.3 Å². The Bertz CT molecular complexity index is 863. The lowest BCUT2D eigenvalue weighted by Gasteiger charge is -2.19. The molecular weight excluding hydrogens is 331 g/mol. The molecule has 3 nitrogen and oxygen atoms in total. The summed E-state index contributed by atoms with van der Waals surface area (Å²) < 4.78 is 43.8. The van der Waals surface area contributed by atoms with Crippen LogP contribution < -0.4 is 5.73 Å². The number of rotatable bonds is 4. The molecule has 134 valence electrons. The molecule has 25 heavy (non-hydrogen) atoms. The molecule has 2 rings (SSSR count). The van der Waals surface area contributed by atoms with E-state index in [0.29, 0.717) is 16.7 Å². The zero-order valence-electron chi connectivity index (χ0n) is 14.5. The van der Waals surface area contributed by atoms with Gasteiger partial charge >= 0.3 is 5.97 Å². The number of halogens is 3. The maximum Gasteiger partial charge on any atom is 0.305 e. The van der Waals surface area contributed by atoms with Crippen LogP contribution in [0.3, 0.4) is 0 Å². The van der Waals surface area contributed by atoms with Crippen LogP contribution in [0.25, 0.3) is 11.1 Å². The highest BCUT2D eigenvalue weighted by Gasteiger charge is 2.26. The maximum absolute atomic E-state index is 15.1. The Kier molecular flexibility index (Phi) is 5.23. The third-order valence-corrected chi connectivity index (χ3v) is 4.33. The molecule has 0 saturated heterocycles. The van der Waals surface area contributed by atoms with E-state index in [4.69, 9.17) is 10.8 Å². The molecule has 3 N–H and O–H groups in total. The number of hydrogen-bond acceptors (Lipinski definition) is 2. The van der Waals surface area contributed by atoms with Crippen LogP contribution in [0, 0.1) is 45.1 Å². The fourth-order valence-corrected chi connectivity index (χ4v) is 3.17. The summed E-state index contributed by atoms with van der Waals surface area (Å²) in [5, 5.41) is 8.86. The van der Waals surface area contributed by atoms with Crippen molar-refractivity contribution >= 4 is 5.97 Å². The molecule has 0 bridgehead atoms. The number of aryl methyl sites for hydroxylation is 3. The van der Waals surface area contributed by atoms with Crippen LogP contribution in [0.5, 0.6) is 0 Å². The van der Waals surface area contributed by atoms with Gasteiger partial charge in [0.15, 0.2) is 0 Å². The SMILES string of the molecule is Cc1cc(C)c(-c2cc(C)c(F)c([C@@H](N)CC(=O)O)c2F)c(C)c1F. The first kappa shape index (κ1) is 19.0. The van der Waals surface area contributed by atoms with Gasteiger partial charge in [0, 0.05) is 17.2 Å². The molecule has 1 atom stereocenters. The second kappa shape index (κ2) is 6.88. The van der Waals surface area contributed by atoms with Gasteiger partial charge in [-0.3, -0.25) is 4.79 Å². The first-order valence-corrected chi connectivity index (χ1v) is 7.78. The quantitative estimate of drug-likeness (QED) is 0.854. The van der Waals surface area contributed by atoms with Crippen molar-refractivity contribution in [2.75, 3.05) is 0 Å². The van der Waals surface area contributed by atoms with E-state index in [2.05, 4.69) is 0 Å². The molecule has 0 aliphatic carbocycles. The predicted molar refractivity (Wildman–Crippen MR) is 89.9 cm³/mol. The minimum Gasteiger partial charge on any atom is -0.481 e. The number of nitrogens with two attached hydrogens (primary N) is 1. The number of carbonyl (C=O) groups is 1. The Hall–Kier alpha value is -2.34. The maximum atomic E-state index is 15.1. The van der Waals surface area contributed by atoms with Crippen molar-refractivity contribution in [3.63, 3.8) is 0 Å². The van der Waals surface area contributed by atoms with Gasteiger partial charge in [-0.2, -0.15) is 0 Å². The lowest BCUT2D eigenvalue weighted by Crippen LogP contribution is -2.19. The topological polar surface area (TPSA) is 63.3 Å². The molecular formula is C19H20F3NO2. The van der Waals surface area contributed by atoms with Gasteiger partial charge in [0.05, 0.1) is 6.42 Å². The average molecular weight is 351 g/mol. The van der Waals surface area contributed by atoms with Crippen LogP contribution >= 0.6 is 0 Å². The molecule has 0 amide bonds. The van der Waals surface area contributed by atoms with Gasteiger partial charge in [-0.05, 0) is 61.6 Å². The third kappa shape index (κ3) is 3.39. The summed E-state index contributed by atoms with van der Waals surface area (Å²) in [4.78, 5) is 10.9. The van der Waals surface area contributed by atoms with Crippen molar-refractivity contribution in [1.82, 2.24) is 0 Å². The smallest absolute Gasteiger partial charge is 0.305 e. The highest BCUT2D eigenvalue weighted by molar-refractivity contribution is 5.74. The van der Waals surface area contributed by atoms with Crippen molar-refractivity contribution in [2.24, 2.45) is 5.73 Å². The monoisotopic (exact) mass is 351 g/mol. The summed E-state index contributed by atoms with van der Waals surface area (Å²) in [6, 6.07) is 1.55. The van der Waals surface area contributed by atoms with Gasteiger partial charge in [-0.1, -0.05) is 6.07 Å². The molecule has 0 heterocycles. The Morgan fingerprint density at radius 1 is 1.00 bits per heavy atom. The highest BCUT2D eigenvalue weighted by atomic mass is 19.1. The number of hydrogen-bond donors (Lipinski definition) is 2. The van der Waals surface area contributed by atoms with E-state index in [0.717, 1.165) is 0 Å². The minimum atomic E-state index is -1.34. The molecule has 0 radical (unpaired) electrons. The number of benzene rings is 2. The van der Waals surface area contributed by atoms with E-state index in [1.165, 1.54) is 19.9 Å². The lowest BCUT2D eigenvalue weighted by atomic mass is 9.89. The molecule has 0 aliphatic heterocycles. The normalized spacial score (nSPS) is 12.3. The van der Waals surface area contributed by atoms with Crippen molar-refractivity contribution in [1.29, 1.82) is 0 Å². The van der Waals surface area contributed by atoms with Crippen molar-refractivity contribution in [3.05, 3.63) is 57.4 Å². The highest BCUT2D eigenvalue weighted by Crippen LogP contribution is 2.37. The van der Waals surface area contributed by atoms with E-state index < -0.39 is 41.4 Å².